The molecule has 5 atom stereocenters. The number of carbonyl (C=O) groups excluding carboxylic acids is 1. The average Bonchev–Trinajstić information content (AvgIpc) is 3.49. The van der Waals surface area contributed by atoms with E-state index in [0.717, 1.165) is 36.2 Å². The van der Waals surface area contributed by atoms with Gasteiger partial charge in [-0.1, -0.05) is 91.0 Å². The fourth-order valence-electron chi connectivity index (χ4n) is 6.14. The SMILES string of the molecule is C[C@@H]1[C@@H](OCc2ccccc2)[C@H](OCc2ccccc2)[C@@H](OCc2ccccc2)CN1C[C@@H]1CCN(C(=O)OC(C)(C)C)C1. The Balaban J connectivity index is 1.34. The van der Waals surface area contributed by atoms with Crippen molar-refractivity contribution in [1.82, 2.24) is 9.80 Å². The maximum absolute atomic E-state index is 12.8. The van der Waals surface area contributed by atoms with Gasteiger partial charge in [0.25, 0.3) is 0 Å². The van der Waals surface area contributed by atoms with Gasteiger partial charge < -0.3 is 23.8 Å². The highest BCUT2D eigenvalue weighted by Gasteiger charge is 2.45. The maximum atomic E-state index is 12.8. The topological polar surface area (TPSA) is 60.5 Å². The van der Waals surface area contributed by atoms with Gasteiger partial charge in [-0.25, -0.2) is 4.79 Å². The summed E-state index contributed by atoms with van der Waals surface area (Å²) in [5, 5.41) is 0. The lowest BCUT2D eigenvalue weighted by Crippen LogP contribution is -2.63. The molecule has 5 rings (SSSR count). The van der Waals surface area contributed by atoms with Gasteiger partial charge in [0.05, 0.1) is 25.9 Å². The van der Waals surface area contributed by atoms with Gasteiger partial charge in [-0.3, -0.25) is 4.90 Å². The third kappa shape index (κ3) is 9.14. The minimum Gasteiger partial charge on any atom is -0.444 e. The number of amides is 1. The molecule has 3 aromatic carbocycles. The van der Waals surface area contributed by atoms with Crippen LogP contribution in [0.5, 0.6) is 0 Å². The van der Waals surface area contributed by atoms with E-state index < -0.39 is 5.60 Å². The van der Waals surface area contributed by atoms with Crippen LogP contribution in [-0.4, -0.2) is 72.0 Å². The molecule has 0 saturated carbocycles. The van der Waals surface area contributed by atoms with Crippen molar-refractivity contribution < 1.29 is 23.7 Å². The zero-order valence-electron chi connectivity index (χ0n) is 26.6. The molecule has 2 saturated heterocycles. The molecule has 2 fully saturated rings. The zero-order valence-corrected chi connectivity index (χ0v) is 26.6. The molecule has 236 valence electrons. The number of hydrogen-bond acceptors (Lipinski definition) is 6. The molecule has 44 heavy (non-hydrogen) atoms. The van der Waals surface area contributed by atoms with Gasteiger partial charge in [0, 0.05) is 32.2 Å². The number of likely N-dealkylation sites (tertiary alicyclic amines) is 2. The van der Waals surface area contributed by atoms with Crippen LogP contribution in [0.2, 0.25) is 0 Å². The molecule has 2 aliphatic rings. The molecule has 0 bridgehead atoms. The molecule has 3 aromatic rings. The van der Waals surface area contributed by atoms with Crippen LogP contribution in [0.3, 0.4) is 0 Å². The first-order valence-electron chi connectivity index (χ1n) is 15.9. The van der Waals surface area contributed by atoms with Crippen molar-refractivity contribution in [3.63, 3.8) is 0 Å². The van der Waals surface area contributed by atoms with Crippen LogP contribution in [0, 0.1) is 5.92 Å². The molecule has 1 amide bonds. The summed E-state index contributed by atoms with van der Waals surface area (Å²) in [7, 11) is 0. The molecule has 0 aromatic heterocycles. The lowest BCUT2D eigenvalue weighted by Gasteiger charge is -2.48. The van der Waals surface area contributed by atoms with Gasteiger partial charge >= 0.3 is 6.09 Å². The third-order valence-electron chi connectivity index (χ3n) is 8.46. The second-order valence-corrected chi connectivity index (χ2v) is 13.1. The Morgan fingerprint density at radius 1 is 0.727 bits per heavy atom. The molecular formula is C37H48N2O5. The second-order valence-electron chi connectivity index (χ2n) is 13.1. The van der Waals surface area contributed by atoms with Crippen molar-refractivity contribution in [2.45, 2.75) is 83.9 Å². The van der Waals surface area contributed by atoms with Crippen LogP contribution in [0.4, 0.5) is 4.79 Å². The average molecular weight is 601 g/mol. The van der Waals surface area contributed by atoms with Crippen molar-refractivity contribution in [2.24, 2.45) is 5.92 Å². The van der Waals surface area contributed by atoms with E-state index in [1.807, 2.05) is 80.3 Å². The normalized spacial score (nSPS) is 24.4. The van der Waals surface area contributed by atoms with Gasteiger partial charge in [-0.2, -0.15) is 0 Å². The summed E-state index contributed by atoms with van der Waals surface area (Å²) in [5.41, 5.74) is 2.88. The fourth-order valence-corrected chi connectivity index (χ4v) is 6.14. The second kappa shape index (κ2) is 15.2. The Labute approximate surface area is 263 Å². The Morgan fingerprint density at radius 3 is 1.75 bits per heavy atom. The molecule has 7 nitrogen and oxygen atoms in total. The number of carbonyl (C=O) groups is 1. The van der Waals surface area contributed by atoms with E-state index in [9.17, 15) is 4.79 Å². The molecule has 2 heterocycles. The van der Waals surface area contributed by atoms with Crippen molar-refractivity contribution in [2.75, 3.05) is 26.2 Å². The highest BCUT2D eigenvalue weighted by Crippen LogP contribution is 2.31. The van der Waals surface area contributed by atoms with Crippen LogP contribution >= 0.6 is 0 Å². The largest absolute Gasteiger partial charge is 0.444 e. The predicted octanol–water partition coefficient (Wildman–Crippen LogP) is 6.70. The van der Waals surface area contributed by atoms with Gasteiger partial charge in [-0.05, 0) is 56.7 Å². The quantitative estimate of drug-likeness (QED) is 0.244. The van der Waals surface area contributed by atoms with Gasteiger partial charge in [0.2, 0.25) is 0 Å². The first kappa shape index (κ1) is 32.2. The van der Waals surface area contributed by atoms with Crippen LogP contribution in [-0.2, 0) is 38.8 Å². The highest BCUT2D eigenvalue weighted by atomic mass is 16.6. The third-order valence-corrected chi connectivity index (χ3v) is 8.46. The van der Waals surface area contributed by atoms with Gasteiger partial charge in [0.15, 0.2) is 0 Å². The van der Waals surface area contributed by atoms with E-state index >= 15 is 0 Å². The number of rotatable bonds is 11. The Bertz CT molecular complexity index is 1280. The lowest BCUT2D eigenvalue weighted by atomic mass is 9.92. The molecule has 0 radical (unpaired) electrons. The van der Waals surface area contributed by atoms with E-state index in [2.05, 4.69) is 48.2 Å². The van der Waals surface area contributed by atoms with E-state index in [4.69, 9.17) is 18.9 Å². The Hall–Kier alpha value is -3.23. The van der Waals surface area contributed by atoms with E-state index in [1.165, 1.54) is 0 Å². The van der Waals surface area contributed by atoms with Gasteiger partial charge in [0.1, 0.15) is 17.8 Å². The molecule has 7 heteroatoms. The molecule has 0 unspecified atom stereocenters. The Morgan fingerprint density at radius 2 is 1.23 bits per heavy atom. The summed E-state index contributed by atoms with van der Waals surface area (Å²) in [4.78, 5) is 17.1. The lowest BCUT2D eigenvalue weighted by molar-refractivity contribution is -0.201. The fraction of sp³-hybridized carbons (Fsp3) is 0.486. The number of ether oxygens (including phenoxy) is 4. The zero-order chi connectivity index (χ0) is 30.9. The minimum absolute atomic E-state index is 0.0895. The molecular weight excluding hydrogens is 552 g/mol. The molecule has 0 spiro atoms. The first-order valence-corrected chi connectivity index (χ1v) is 15.9. The van der Waals surface area contributed by atoms with Crippen molar-refractivity contribution >= 4 is 6.09 Å². The van der Waals surface area contributed by atoms with Crippen molar-refractivity contribution in [1.29, 1.82) is 0 Å². The van der Waals surface area contributed by atoms with E-state index in [1.54, 1.807) is 0 Å². The summed E-state index contributed by atoms with van der Waals surface area (Å²) >= 11 is 0. The van der Waals surface area contributed by atoms with Crippen LogP contribution in [0.15, 0.2) is 91.0 Å². The van der Waals surface area contributed by atoms with Gasteiger partial charge in [-0.15, -0.1) is 0 Å². The van der Waals surface area contributed by atoms with Crippen LogP contribution < -0.4 is 0 Å². The van der Waals surface area contributed by atoms with E-state index in [0.29, 0.717) is 38.8 Å². The standard InChI is InChI=1S/C37H48N2O5/c1-28-34(42-26-30-16-10-6-11-17-30)35(43-27-31-18-12-7-13-19-31)33(41-25-29-14-8-5-9-15-29)24-39(28)23-32-20-21-38(22-32)36(40)44-37(2,3)4/h5-19,28,32-35H,20-27H2,1-4H3/t28-,32-,33+,34-,35-/m1/s1. The minimum atomic E-state index is -0.502. The predicted molar refractivity (Wildman–Crippen MR) is 172 cm³/mol. The summed E-state index contributed by atoms with van der Waals surface area (Å²) in [6.07, 6.45) is 0.0579. The number of piperidine rings is 1. The molecule has 2 aliphatic heterocycles. The van der Waals surface area contributed by atoms with Crippen LogP contribution in [0.25, 0.3) is 0 Å². The summed E-state index contributed by atoms with van der Waals surface area (Å²) < 4.78 is 25.8. The summed E-state index contributed by atoms with van der Waals surface area (Å²) in [6, 6.07) is 31.0. The smallest absolute Gasteiger partial charge is 0.410 e. The molecule has 0 aliphatic carbocycles. The monoisotopic (exact) mass is 600 g/mol. The Kier molecular flexibility index (Phi) is 11.1. The first-order chi connectivity index (χ1) is 21.2. The van der Waals surface area contributed by atoms with Crippen molar-refractivity contribution in [3.05, 3.63) is 108 Å². The maximum Gasteiger partial charge on any atom is 0.410 e. The highest BCUT2D eigenvalue weighted by molar-refractivity contribution is 5.68. The van der Waals surface area contributed by atoms with E-state index in [-0.39, 0.29) is 30.4 Å². The summed E-state index contributed by atoms with van der Waals surface area (Å²) in [6.45, 7) is 12.4. The number of hydrogen-bond donors (Lipinski definition) is 0. The number of benzene rings is 3. The van der Waals surface area contributed by atoms with Crippen LogP contribution in [0.1, 0.15) is 50.8 Å². The molecule has 0 N–H and O–H groups in total. The number of nitrogens with zero attached hydrogens (tertiary/aromatic N) is 2. The summed E-state index contributed by atoms with van der Waals surface area (Å²) in [5.74, 6) is 0.344. The van der Waals surface area contributed by atoms with Crippen molar-refractivity contribution in [3.8, 4) is 0 Å².